The normalized spacial score (nSPS) is 11.3. The second-order valence-corrected chi connectivity index (χ2v) is 5.12. The Kier molecular flexibility index (Phi) is 7.14. The molecule has 1 aromatic carbocycles. The zero-order chi connectivity index (χ0) is 13.4. The second-order valence-electron chi connectivity index (χ2n) is 4.27. The highest BCUT2D eigenvalue weighted by Gasteiger charge is 2.05. The SMILES string of the molecule is CCCCCCCN=Cc1cc(Cl)cc(Cl)c1O. The van der Waals surface area contributed by atoms with E-state index in [4.69, 9.17) is 23.2 Å². The Morgan fingerprint density at radius 3 is 2.61 bits per heavy atom. The first-order chi connectivity index (χ1) is 8.65. The summed E-state index contributed by atoms with van der Waals surface area (Å²) in [6, 6.07) is 3.17. The molecule has 0 spiro atoms. The molecule has 1 N–H and O–H groups in total. The average molecular weight is 288 g/mol. The van der Waals surface area contributed by atoms with Crippen LogP contribution in [0.15, 0.2) is 17.1 Å². The van der Waals surface area contributed by atoms with Crippen LogP contribution < -0.4 is 0 Å². The summed E-state index contributed by atoms with van der Waals surface area (Å²) in [5, 5.41) is 10.5. The summed E-state index contributed by atoms with van der Waals surface area (Å²) >= 11 is 11.7. The maximum absolute atomic E-state index is 9.71. The van der Waals surface area contributed by atoms with E-state index in [9.17, 15) is 5.11 Å². The van der Waals surface area contributed by atoms with Crippen molar-refractivity contribution in [3.05, 3.63) is 27.7 Å². The summed E-state index contributed by atoms with van der Waals surface area (Å²) in [6.07, 6.45) is 7.71. The summed E-state index contributed by atoms with van der Waals surface area (Å²) in [6.45, 7) is 2.97. The first kappa shape index (κ1) is 15.3. The molecule has 0 unspecified atom stereocenters. The molecule has 0 fully saturated rings. The number of aromatic hydroxyl groups is 1. The molecule has 0 saturated carbocycles. The number of aliphatic imine (C=N–C) groups is 1. The lowest BCUT2D eigenvalue weighted by Crippen LogP contribution is -1.87. The Morgan fingerprint density at radius 2 is 1.89 bits per heavy atom. The summed E-state index contributed by atoms with van der Waals surface area (Å²) in [5.41, 5.74) is 0.570. The van der Waals surface area contributed by atoms with Gasteiger partial charge >= 0.3 is 0 Å². The first-order valence-corrected chi connectivity index (χ1v) is 7.08. The molecular weight excluding hydrogens is 269 g/mol. The van der Waals surface area contributed by atoms with Gasteiger partial charge in [0.05, 0.1) is 5.02 Å². The Morgan fingerprint density at radius 1 is 1.17 bits per heavy atom. The number of rotatable bonds is 7. The molecule has 0 aliphatic carbocycles. The van der Waals surface area contributed by atoms with Gasteiger partial charge in [-0.3, -0.25) is 4.99 Å². The number of nitrogens with zero attached hydrogens (tertiary/aromatic N) is 1. The zero-order valence-electron chi connectivity index (χ0n) is 10.6. The smallest absolute Gasteiger partial charge is 0.143 e. The Balaban J connectivity index is 2.42. The van der Waals surface area contributed by atoms with Crippen LogP contribution in [0.2, 0.25) is 10.0 Å². The molecule has 1 aromatic rings. The summed E-state index contributed by atoms with van der Waals surface area (Å²) < 4.78 is 0. The van der Waals surface area contributed by atoms with E-state index in [1.54, 1.807) is 12.3 Å². The van der Waals surface area contributed by atoms with Gasteiger partial charge in [-0.05, 0) is 18.6 Å². The van der Waals surface area contributed by atoms with Gasteiger partial charge < -0.3 is 5.11 Å². The minimum atomic E-state index is 0.0378. The first-order valence-electron chi connectivity index (χ1n) is 6.33. The van der Waals surface area contributed by atoms with Crippen molar-refractivity contribution in [2.24, 2.45) is 4.99 Å². The van der Waals surface area contributed by atoms with Crippen LogP contribution in [0, 0.1) is 0 Å². The van der Waals surface area contributed by atoms with Crippen molar-refractivity contribution < 1.29 is 5.11 Å². The molecule has 0 heterocycles. The second kappa shape index (κ2) is 8.39. The summed E-state index contributed by atoms with van der Waals surface area (Å²) in [5.74, 6) is 0.0378. The molecule has 18 heavy (non-hydrogen) atoms. The zero-order valence-corrected chi connectivity index (χ0v) is 12.1. The van der Waals surface area contributed by atoms with E-state index in [1.165, 1.54) is 31.7 Å². The molecule has 0 aromatic heterocycles. The molecule has 0 bridgehead atoms. The molecular formula is C14H19Cl2NO. The van der Waals surface area contributed by atoms with E-state index in [0.717, 1.165) is 13.0 Å². The van der Waals surface area contributed by atoms with E-state index in [2.05, 4.69) is 11.9 Å². The Bertz CT molecular complexity index is 405. The van der Waals surface area contributed by atoms with Crippen LogP contribution in [-0.4, -0.2) is 17.9 Å². The van der Waals surface area contributed by atoms with E-state index in [1.807, 2.05) is 0 Å². The van der Waals surface area contributed by atoms with Gasteiger partial charge in [-0.15, -0.1) is 0 Å². The minimum absolute atomic E-state index is 0.0378. The summed E-state index contributed by atoms with van der Waals surface area (Å²) in [4.78, 5) is 4.28. The average Bonchev–Trinajstić information content (AvgIpc) is 2.33. The maximum Gasteiger partial charge on any atom is 0.143 e. The van der Waals surface area contributed by atoms with Crippen molar-refractivity contribution in [2.45, 2.75) is 39.0 Å². The molecule has 0 amide bonds. The van der Waals surface area contributed by atoms with Gasteiger partial charge in [0.1, 0.15) is 5.75 Å². The van der Waals surface area contributed by atoms with Crippen molar-refractivity contribution in [2.75, 3.05) is 6.54 Å². The fraction of sp³-hybridized carbons (Fsp3) is 0.500. The topological polar surface area (TPSA) is 32.6 Å². The van der Waals surface area contributed by atoms with Crippen LogP contribution in [0.25, 0.3) is 0 Å². The van der Waals surface area contributed by atoms with Crippen LogP contribution in [0.3, 0.4) is 0 Å². The lowest BCUT2D eigenvalue weighted by atomic mass is 10.1. The number of halogens is 2. The molecule has 0 atom stereocenters. The highest BCUT2D eigenvalue weighted by Crippen LogP contribution is 2.29. The summed E-state index contributed by atoms with van der Waals surface area (Å²) in [7, 11) is 0. The van der Waals surface area contributed by atoms with Crippen molar-refractivity contribution in [3.63, 3.8) is 0 Å². The predicted molar refractivity (Wildman–Crippen MR) is 79.3 cm³/mol. The molecule has 0 saturated heterocycles. The standard InChI is InChI=1S/C14H19Cl2NO/c1-2-3-4-5-6-7-17-10-11-8-12(15)9-13(16)14(11)18/h8-10,18H,2-7H2,1H3. The quantitative estimate of drug-likeness (QED) is 0.550. The third-order valence-electron chi connectivity index (χ3n) is 2.68. The molecule has 0 radical (unpaired) electrons. The Hall–Kier alpha value is -0.730. The number of hydrogen-bond acceptors (Lipinski definition) is 2. The molecule has 100 valence electrons. The fourth-order valence-corrected chi connectivity index (χ4v) is 2.16. The van der Waals surface area contributed by atoms with Crippen molar-refractivity contribution in [1.82, 2.24) is 0 Å². The van der Waals surface area contributed by atoms with Crippen LogP contribution >= 0.6 is 23.2 Å². The van der Waals surface area contributed by atoms with E-state index in [0.29, 0.717) is 10.6 Å². The molecule has 0 aliphatic rings. The van der Waals surface area contributed by atoms with Crippen LogP contribution in [0.1, 0.15) is 44.6 Å². The highest BCUT2D eigenvalue weighted by molar-refractivity contribution is 6.36. The van der Waals surface area contributed by atoms with Gasteiger partial charge in [-0.1, -0.05) is 55.8 Å². The van der Waals surface area contributed by atoms with Gasteiger partial charge in [0.2, 0.25) is 0 Å². The van der Waals surface area contributed by atoms with Gasteiger partial charge in [-0.25, -0.2) is 0 Å². The van der Waals surface area contributed by atoms with Crippen LogP contribution in [0.4, 0.5) is 0 Å². The van der Waals surface area contributed by atoms with Gasteiger partial charge in [0, 0.05) is 23.3 Å². The van der Waals surface area contributed by atoms with E-state index < -0.39 is 0 Å². The third kappa shape index (κ3) is 5.28. The van der Waals surface area contributed by atoms with Crippen LogP contribution in [0.5, 0.6) is 5.75 Å². The number of phenolic OH excluding ortho intramolecular Hbond substituents is 1. The predicted octanol–water partition coefficient (Wildman–Crippen LogP) is 5.09. The van der Waals surface area contributed by atoms with E-state index in [-0.39, 0.29) is 10.8 Å². The number of phenols is 1. The van der Waals surface area contributed by atoms with Gasteiger partial charge in [0.25, 0.3) is 0 Å². The number of benzene rings is 1. The molecule has 4 heteroatoms. The number of hydrogen-bond donors (Lipinski definition) is 1. The monoisotopic (exact) mass is 287 g/mol. The van der Waals surface area contributed by atoms with Gasteiger partial charge in [0.15, 0.2) is 0 Å². The van der Waals surface area contributed by atoms with Crippen molar-refractivity contribution in [3.8, 4) is 5.75 Å². The highest BCUT2D eigenvalue weighted by atomic mass is 35.5. The number of unbranched alkanes of at least 4 members (excludes halogenated alkanes) is 4. The van der Waals surface area contributed by atoms with Crippen LogP contribution in [-0.2, 0) is 0 Å². The molecule has 1 rings (SSSR count). The molecule has 2 nitrogen and oxygen atoms in total. The largest absolute Gasteiger partial charge is 0.506 e. The van der Waals surface area contributed by atoms with Gasteiger partial charge in [-0.2, -0.15) is 0 Å². The maximum atomic E-state index is 9.71. The molecule has 0 aliphatic heterocycles. The van der Waals surface area contributed by atoms with Crippen molar-refractivity contribution >= 4 is 29.4 Å². The lowest BCUT2D eigenvalue weighted by Gasteiger charge is -2.02. The van der Waals surface area contributed by atoms with E-state index >= 15 is 0 Å². The fourth-order valence-electron chi connectivity index (χ4n) is 1.65. The van der Waals surface area contributed by atoms with Crippen molar-refractivity contribution in [1.29, 1.82) is 0 Å². The lowest BCUT2D eigenvalue weighted by molar-refractivity contribution is 0.474. The minimum Gasteiger partial charge on any atom is -0.506 e. The third-order valence-corrected chi connectivity index (χ3v) is 3.19. The Labute approximate surface area is 119 Å².